The second kappa shape index (κ2) is 10.3. The van der Waals surface area contributed by atoms with E-state index in [2.05, 4.69) is 150 Å². The molecule has 0 aromatic heterocycles. The summed E-state index contributed by atoms with van der Waals surface area (Å²) in [5.41, 5.74) is 19.0. The van der Waals surface area contributed by atoms with Gasteiger partial charge in [-0.1, -0.05) is 150 Å². The van der Waals surface area contributed by atoms with Gasteiger partial charge in [0.25, 0.3) is 0 Å². The smallest absolute Gasteiger partial charge is 0.164 e. The van der Waals surface area contributed by atoms with Gasteiger partial charge in [-0.3, -0.25) is 4.79 Å². The minimum absolute atomic E-state index is 0.0655. The number of hydrogen-bond acceptors (Lipinski definition) is 1. The number of benzene rings is 6. The number of carbonyl (C=O) groups is 1. The molecule has 3 aliphatic rings. The average molecular weight is 595 g/mol. The van der Waals surface area contributed by atoms with E-state index in [1.807, 2.05) is 12.1 Å². The van der Waals surface area contributed by atoms with Gasteiger partial charge in [-0.2, -0.15) is 0 Å². The van der Waals surface area contributed by atoms with Crippen LogP contribution in [0.2, 0.25) is 0 Å². The van der Waals surface area contributed by atoms with Crippen molar-refractivity contribution in [3.05, 3.63) is 189 Å². The first-order valence-corrected chi connectivity index (χ1v) is 16.4. The van der Waals surface area contributed by atoms with Crippen LogP contribution >= 0.6 is 0 Å². The molecule has 46 heavy (non-hydrogen) atoms. The Hall–Kier alpha value is -5.01. The summed E-state index contributed by atoms with van der Waals surface area (Å²) in [4.78, 5) is 12.8. The van der Waals surface area contributed by atoms with Crippen molar-refractivity contribution < 1.29 is 4.79 Å². The van der Waals surface area contributed by atoms with Gasteiger partial charge in [0.2, 0.25) is 0 Å². The molecule has 1 heteroatoms. The van der Waals surface area contributed by atoms with Crippen LogP contribution in [0.15, 0.2) is 127 Å². The van der Waals surface area contributed by atoms with Gasteiger partial charge in [-0.25, -0.2) is 0 Å². The normalized spacial score (nSPS) is 15.4. The topological polar surface area (TPSA) is 17.1 Å². The Bertz CT molecular complexity index is 2100. The fraction of sp³-hybridized carbons (Fsp3) is 0.178. The van der Waals surface area contributed by atoms with Crippen molar-refractivity contribution in [3.63, 3.8) is 0 Å². The second-order valence-electron chi connectivity index (χ2n) is 13.7. The third-order valence-electron chi connectivity index (χ3n) is 10.7. The van der Waals surface area contributed by atoms with E-state index in [0.717, 1.165) is 5.56 Å². The summed E-state index contributed by atoms with van der Waals surface area (Å²) in [7, 11) is 0. The number of rotatable bonds is 1. The van der Waals surface area contributed by atoms with E-state index in [4.69, 9.17) is 0 Å². The largest absolute Gasteiger partial charge is 0.294 e. The van der Waals surface area contributed by atoms with Crippen molar-refractivity contribution in [2.45, 2.75) is 51.9 Å². The van der Waals surface area contributed by atoms with Gasteiger partial charge in [-0.05, 0) is 90.3 Å². The molecular formula is C45H38O. The summed E-state index contributed by atoms with van der Waals surface area (Å²) >= 11 is 0. The van der Waals surface area contributed by atoms with Gasteiger partial charge >= 0.3 is 0 Å². The average Bonchev–Trinajstić information content (AvgIpc) is 3.61. The molecule has 0 N–H and O–H groups in total. The SMILES string of the molecule is Cc1ccc2c(c1)C(C)(c1ccccc1)c1cc(C)ccc1-2.Cc1ccc2c(c1)C1(CC(=O)c3ccccc31)c1cc(C)ccc1-2. The molecule has 9 rings (SSSR count). The fourth-order valence-electron chi connectivity index (χ4n) is 8.49. The van der Waals surface area contributed by atoms with Gasteiger partial charge in [0.05, 0.1) is 5.41 Å². The standard InChI is InChI=1S/C23H18O.C22H20/c1-14-7-9-16-17-10-8-15(2)12-21(17)23(20(16)11-14)13-22(24)18-5-3-4-6-19(18)23;1-15-9-11-18-19-12-10-16(2)14-21(19)22(3,20(18)13-15)17-7-5-4-6-8-17/h3-12H,13H2,1-2H3;4-14H,1-3H3. The van der Waals surface area contributed by atoms with Crippen LogP contribution in [-0.4, -0.2) is 5.78 Å². The summed E-state index contributed by atoms with van der Waals surface area (Å²) < 4.78 is 0. The van der Waals surface area contributed by atoms with Crippen molar-refractivity contribution in [1.82, 2.24) is 0 Å². The molecule has 0 radical (unpaired) electrons. The first-order chi connectivity index (χ1) is 22.2. The van der Waals surface area contributed by atoms with Gasteiger partial charge < -0.3 is 0 Å². The van der Waals surface area contributed by atoms with Gasteiger partial charge in [0.1, 0.15) is 0 Å². The van der Waals surface area contributed by atoms with E-state index in [1.54, 1.807) is 0 Å². The molecule has 224 valence electrons. The van der Waals surface area contributed by atoms with Crippen LogP contribution in [0, 0.1) is 27.7 Å². The summed E-state index contributed by atoms with van der Waals surface area (Å²) in [5, 5.41) is 0. The Morgan fingerprint density at radius 3 is 1.35 bits per heavy atom. The van der Waals surface area contributed by atoms with Crippen LogP contribution < -0.4 is 0 Å². The zero-order valence-electron chi connectivity index (χ0n) is 27.2. The molecule has 0 heterocycles. The molecule has 0 saturated carbocycles. The Kier molecular flexibility index (Phi) is 6.35. The quantitative estimate of drug-likeness (QED) is 0.185. The number of Topliss-reactive ketones (excluding diaryl/α,β-unsaturated/α-hetero) is 1. The molecule has 1 nitrogen and oxygen atoms in total. The summed E-state index contributed by atoms with van der Waals surface area (Å²) in [6.45, 7) is 11.0. The molecule has 0 aliphatic heterocycles. The van der Waals surface area contributed by atoms with Crippen molar-refractivity contribution in [2.24, 2.45) is 0 Å². The summed E-state index contributed by atoms with van der Waals surface area (Å²) in [6, 6.07) is 46.1. The lowest BCUT2D eigenvalue weighted by Gasteiger charge is -2.28. The van der Waals surface area contributed by atoms with Crippen LogP contribution in [0.5, 0.6) is 0 Å². The molecule has 1 spiro atoms. The Balaban J connectivity index is 0.000000136. The molecule has 0 atom stereocenters. The van der Waals surface area contributed by atoms with Crippen LogP contribution in [0.4, 0.5) is 0 Å². The van der Waals surface area contributed by atoms with Gasteiger partial charge in [0.15, 0.2) is 5.78 Å². The molecule has 0 unspecified atom stereocenters. The van der Waals surface area contributed by atoms with Crippen LogP contribution in [0.25, 0.3) is 22.3 Å². The highest BCUT2D eigenvalue weighted by molar-refractivity contribution is 6.06. The summed E-state index contributed by atoms with van der Waals surface area (Å²) in [6.07, 6.45) is 0.541. The molecule has 0 bridgehead atoms. The number of ketones is 1. The number of hydrogen-bond donors (Lipinski definition) is 0. The predicted octanol–water partition coefficient (Wildman–Crippen LogP) is 10.8. The maximum Gasteiger partial charge on any atom is 0.164 e. The van der Waals surface area contributed by atoms with E-state index >= 15 is 0 Å². The molecule has 0 saturated heterocycles. The third-order valence-corrected chi connectivity index (χ3v) is 10.7. The van der Waals surface area contributed by atoms with Crippen LogP contribution in [-0.2, 0) is 10.8 Å². The fourth-order valence-corrected chi connectivity index (χ4v) is 8.49. The number of carbonyl (C=O) groups excluding carboxylic acids is 1. The van der Waals surface area contributed by atoms with Gasteiger partial charge in [0, 0.05) is 17.4 Å². The maximum atomic E-state index is 12.8. The maximum absolute atomic E-state index is 12.8. The van der Waals surface area contributed by atoms with E-state index < -0.39 is 0 Å². The van der Waals surface area contributed by atoms with E-state index in [0.29, 0.717) is 6.42 Å². The van der Waals surface area contributed by atoms with E-state index in [1.165, 1.54) is 77.9 Å². The van der Waals surface area contributed by atoms with Crippen molar-refractivity contribution in [1.29, 1.82) is 0 Å². The third kappa shape index (κ3) is 3.97. The minimum atomic E-state index is -0.309. The van der Waals surface area contributed by atoms with E-state index in [9.17, 15) is 4.79 Å². The highest BCUT2D eigenvalue weighted by atomic mass is 16.1. The Labute approximate surface area is 272 Å². The first kappa shape index (κ1) is 28.5. The number of fused-ring (bicyclic) bond motifs is 10. The lowest BCUT2D eigenvalue weighted by atomic mass is 9.73. The zero-order chi connectivity index (χ0) is 31.8. The molecule has 6 aromatic carbocycles. The monoisotopic (exact) mass is 594 g/mol. The molecule has 6 aromatic rings. The molecular weight excluding hydrogens is 556 g/mol. The van der Waals surface area contributed by atoms with Crippen LogP contribution in [0.1, 0.15) is 79.3 Å². The molecule has 0 fully saturated rings. The second-order valence-corrected chi connectivity index (χ2v) is 13.7. The lowest BCUT2D eigenvalue weighted by Crippen LogP contribution is -2.24. The Morgan fingerprint density at radius 2 is 0.848 bits per heavy atom. The van der Waals surface area contributed by atoms with Crippen LogP contribution in [0.3, 0.4) is 0 Å². The van der Waals surface area contributed by atoms with Crippen molar-refractivity contribution >= 4 is 5.78 Å². The predicted molar refractivity (Wildman–Crippen MR) is 190 cm³/mol. The molecule has 0 amide bonds. The highest BCUT2D eigenvalue weighted by Gasteiger charge is 2.51. The lowest BCUT2D eigenvalue weighted by molar-refractivity contribution is 0.0984. The van der Waals surface area contributed by atoms with Gasteiger partial charge in [-0.15, -0.1) is 0 Å². The highest BCUT2D eigenvalue weighted by Crippen LogP contribution is 2.58. The number of aryl methyl sites for hydroxylation is 4. The molecule has 3 aliphatic carbocycles. The van der Waals surface area contributed by atoms with Crippen molar-refractivity contribution in [2.75, 3.05) is 0 Å². The van der Waals surface area contributed by atoms with E-state index in [-0.39, 0.29) is 16.6 Å². The Morgan fingerprint density at radius 1 is 0.435 bits per heavy atom. The summed E-state index contributed by atoms with van der Waals surface area (Å²) in [5.74, 6) is 0.257. The zero-order valence-corrected chi connectivity index (χ0v) is 27.2. The minimum Gasteiger partial charge on any atom is -0.294 e. The first-order valence-electron chi connectivity index (χ1n) is 16.4. The van der Waals surface area contributed by atoms with Crippen molar-refractivity contribution in [3.8, 4) is 22.3 Å².